The molecule has 182 valence electrons. The predicted octanol–water partition coefficient (Wildman–Crippen LogP) is 5.88. The third kappa shape index (κ3) is 4.47. The first-order valence-electron chi connectivity index (χ1n) is 11.1. The van der Waals surface area contributed by atoms with Gasteiger partial charge in [-0.05, 0) is 64.8 Å². The summed E-state index contributed by atoms with van der Waals surface area (Å²) < 4.78 is 34.0. The van der Waals surface area contributed by atoms with Crippen LogP contribution in [0.5, 0.6) is 0 Å². The average molecular weight is 564 g/mol. The van der Waals surface area contributed by atoms with Gasteiger partial charge in [-0.25, -0.2) is 17.4 Å². The molecule has 0 atom stereocenters. The second-order valence-corrected chi connectivity index (χ2v) is 11.3. The minimum Gasteiger partial charge on any atom is -0.472 e. The first kappa shape index (κ1) is 24.0. The highest BCUT2D eigenvalue weighted by Gasteiger charge is 2.23. The van der Waals surface area contributed by atoms with Crippen molar-refractivity contribution in [1.29, 1.82) is 0 Å². The zero-order valence-corrected chi connectivity index (χ0v) is 22.0. The summed E-state index contributed by atoms with van der Waals surface area (Å²) in [6.45, 7) is 2.34. The number of pyridine rings is 1. The van der Waals surface area contributed by atoms with Gasteiger partial charge in [-0.2, -0.15) is 0 Å². The van der Waals surface area contributed by atoms with Crippen molar-refractivity contribution in [1.82, 2.24) is 13.9 Å². The van der Waals surface area contributed by atoms with Crippen molar-refractivity contribution in [3.8, 4) is 11.1 Å². The number of benzene rings is 2. The number of carbonyl (C=O) groups is 1. The summed E-state index contributed by atoms with van der Waals surface area (Å²) in [4.78, 5) is 19.1. The SMILES string of the molecule is Cc1ccc(S(=O)(=O)n2cc(-c3ccc(C(=O)N(C)Cc4ccoc4)cc3)c3cc(Br)cnc32)cc1. The van der Waals surface area contributed by atoms with E-state index in [1.54, 1.807) is 73.3 Å². The highest BCUT2D eigenvalue weighted by molar-refractivity contribution is 9.10. The normalized spacial score (nSPS) is 11.6. The van der Waals surface area contributed by atoms with E-state index in [9.17, 15) is 13.2 Å². The highest BCUT2D eigenvalue weighted by atomic mass is 79.9. The number of nitrogens with zero attached hydrogens (tertiary/aromatic N) is 3. The number of hydrogen-bond donors (Lipinski definition) is 0. The molecule has 0 radical (unpaired) electrons. The van der Waals surface area contributed by atoms with Crippen LogP contribution in [0.25, 0.3) is 22.2 Å². The Morgan fingerprint density at radius 2 is 1.81 bits per heavy atom. The lowest BCUT2D eigenvalue weighted by molar-refractivity contribution is 0.0785. The van der Waals surface area contributed by atoms with E-state index in [0.29, 0.717) is 28.7 Å². The Balaban J connectivity index is 1.53. The third-order valence-corrected chi connectivity index (χ3v) is 8.04. The van der Waals surface area contributed by atoms with Crippen molar-refractivity contribution in [3.05, 3.63) is 107 Å². The van der Waals surface area contributed by atoms with Crippen molar-refractivity contribution >= 4 is 42.9 Å². The number of aryl methyl sites for hydroxylation is 1. The lowest BCUT2D eigenvalue weighted by atomic mass is 10.0. The highest BCUT2D eigenvalue weighted by Crippen LogP contribution is 2.34. The molecule has 0 aliphatic carbocycles. The molecule has 0 unspecified atom stereocenters. The van der Waals surface area contributed by atoms with Crippen molar-refractivity contribution in [3.63, 3.8) is 0 Å². The molecule has 0 saturated carbocycles. The quantitative estimate of drug-likeness (QED) is 0.257. The number of rotatable bonds is 6. The van der Waals surface area contributed by atoms with E-state index in [0.717, 1.165) is 21.2 Å². The summed E-state index contributed by atoms with van der Waals surface area (Å²) in [5, 5.41) is 0.677. The first-order chi connectivity index (χ1) is 17.2. The van der Waals surface area contributed by atoms with Gasteiger partial charge in [-0.1, -0.05) is 29.8 Å². The molecule has 0 spiro atoms. The van der Waals surface area contributed by atoms with Crippen LogP contribution in [-0.4, -0.2) is 35.2 Å². The minimum absolute atomic E-state index is 0.128. The largest absolute Gasteiger partial charge is 0.472 e. The van der Waals surface area contributed by atoms with E-state index in [4.69, 9.17) is 4.42 Å². The maximum absolute atomic E-state index is 13.5. The molecule has 1 amide bonds. The number of hydrogen-bond acceptors (Lipinski definition) is 5. The van der Waals surface area contributed by atoms with Crippen LogP contribution in [0.2, 0.25) is 0 Å². The summed E-state index contributed by atoms with van der Waals surface area (Å²) in [5.41, 5.74) is 4.20. The Labute approximate surface area is 217 Å². The van der Waals surface area contributed by atoms with E-state index in [-0.39, 0.29) is 10.8 Å². The lowest BCUT2D eigenvalue weighted by Crippen LogP contribution is -2.25. The molecule has 0 N–H and O–H groups in total. The summed E-state index contributed by atoms with van der Waals surface area (Å²) >= 11 is 3.44. The van der Waals surface area contributed by atoms with E-state index in [1.165, 1.54) is 3.97 Å². The van der Waals surface area contributed by atoms with Gasteiger partial charge in [0.1, 0.15) is 0 Å². The molecule has 2 aromatic carbocycles. The number of aromatic nitrogens is 2. The Morgan fingerprint density at radius 1 is 1.08 bits per heavy atom. The molecule has 0 saturated heterocycles. The molecule has 36 heavy (non-hydrogen) atoms. The van der Waals surface area contributed by atoms with Crippen molar-refractivity contribution in [2.75, 3.05) is 7.05 Å². The molecule has 0 aliphatic rings. The van der Waals surface area contributed by atoms with Crippen LogP contribution in [-0.2, 0) is 16.6 Å². The van der Waals surface area contributed by atoms with E-state index in [1.807, 2.05) is 31.2 Å². The van der Waals surface area contributed by atoms with E-state index in [2.05, 4.69) is 20.9 Å². The molecule has 5 rings (SSSR count). The minimum atomic E-state index is -3.87. The van der Waals surface area contributed by atoms with Crippen molar-refractivity contribution in [2.45, 2.75) is 18.4 Å². The molecule has 0 fully saturated rings. The zero-order chi connectivity index (χ0) is 25.4. The van der Waals surface area contributed by atoms with Gasteiger partial charge in [0.25, 0.3) is 15.9 Å². The standard InChI is InChI=1S/C27H22BrN3O4S/c1-18-3-9-23(10-4-18)36(33,34)31-16-25(24-13-22(28)14-29-26(24)31)20-5-7-21(8-6-20)27(32)30(2)15-19-11-12-35-17-19/h3-14,16-17H,15H2,1-2H3. The summed E-state index contributed by atoms with van der Waals surface area (Å²) in [7, 11) is -2.14. The Kier molecular flexibility index (Phi) is 6.27. The van der Waals surface area contributed by atoms with Gasteiger partial charge in [0, 0.05) is 52.5 Å². The molecule has 0 aliphatic heterocycles. The molecule has 3 heterocycles. The fourth-order valence-electron chi connectivity index (χ4n) is 4.03. The Morgan fingerprint density at radius 3 is 2.47 bits per heavy atom. The van der Waals surface area contributed by atoms with Crippen LogP contribution in [0, 0.1) is 6.92 Å². The van der Waals surface area contributed by atoms with Gasteiger partial charge >= 0.3 is 0 Å². The smallest absolute Gasteiger partial charge is 0.269 e. The maximum Gasteiger partial charge on any atom is 0.269 e. The molecule has 5 aromatic rings. The van der Waals surface area contributed by atoms with Gasteiger partial charge in [-0.15, -0.1) is 0 Å². The summed E-state index contributed by atoms with van der Waals surface area (Å²) in [6.07, 6.45) is 6.34. The van der Waals surface area contributed by atoms with Crippen molar-refractivity contribution < 1.29 is 17.6 Å². The summed E-state index contributed by atoms with van der Waals surface area (Å²) in [6, 6.07) is 17.5. The van der Waals surface area contributed by atoms with Gasteiger partial charge in [0.2, 0.25) is 0 Å². The van der Waals surface area contributed by atoms with Crippen LogP contribution >= 0.6 is 15.9 Å². The maximum atomic E-state index is 13.5. The van der Waals surface area contributed by atoms with Crippen LogP contribution in [0.15, 0.2) is 99.4 Å². The third-order valence-electron chi connectivity index (χ3n) is 5.95. The Bertz CT molecular complexity index is 1660. The van der Waals surface area contributed by atoms with Crippen molar-refractivity contribution in [2.24, 2.45) is 0 Å². The molecular formula is C27H22BrN3O4S. The van der Waals surface area contributed by atoms with Crippen LogP contribution in [0.1, 0.15) is 21.5 Å². The predicted molar refractivity (Wildman–Crippen MR) is 141 cm³/mol. The van der Waals surface area contributed by atoms with Gasteiger partial charge < -0.3 is 9.32 Å². The Hall–Kier alpha value is -3.69. The second kappa shape index (κ2) is 9.40. The summed E-state index contributed by atoms with van der Waals surface area (Å²) in [5.74, 6) is -0.128. The topological polar surface area (TPSA) is 85.4 Å². The van der Waals surface area contributed by atoms with E-state index < -0.39 is 10.0 Å². The average Bonchev–Trinajstić information content (AvgIpc) is 3.52. The van der Waals surface area contributed by atoms with Crippen LogP contribution < -0.4 is 0 Å². The molecular weight excluding hydrogens is 542 g/mol. The zero-order valence-electron chi connectivity index (χ0n) is 19.6. The monoisotopic (exact) mass is 563 g/mol. The number of furan rings is 1. The van der Waals surface area contributed by atoms with Crippen LogP contribution in [0.3, 0.4) is 0 Å². The molecule has 0 bridgehead atoms. The molecule has 3 aromatic heterocycles. The fraction of sp³-hybridized carbons (Fsp3) is 0.111. The fourth-order valence-corrected chi connectivity index (χ4v) is 5.69. The molecule has 9 heteroatoms. The van der Waals surface area contributed by atoms with Crippen LogP contribution in [0.4, 0.5) is 0 Å². The number of amides is 1. The number of halogens is 1. The number of carbonyl (C=O) groups excluding carboxylic acids is 1. The van der Waals surface area contributed by atoms with Gasteiger partial charge in [-0.3, -0.25) is 4.79 Å². The van der Waals surface area contributed by atoms with Gasteiger partial charge in [0.05, 0.1) is 17.4 Å². The first-order valence-corrected chi connectivity index (χ1v) is 13.3. The lowest BCUT2D eigenvalue weighted by Gasteiger charge is -2.16. The molecule has 7 nitrogen and oxygen atoms in total. The van der Waals surface area contributed by atoms with E-state index >= 15 is 0 Å². The number of fused-ring (bicyclic) bond motifs is 1. The second-order valence-electron chi connectivity index (χ2n) is 8.55. The van der Waals surface area contributed by atoms with Gasteiger partial charge in [0.15, 0.2) is 5.65 Å².